The lowest BCUT2D eigenvalue weighted by Gasteiger charge is -2.01. The van der Waals surface area contributed by atoms with Gasteiger partial charge in [0, 0.05) is 13.2 Å². The van der Waals surface area contributed by atoms with E-state index in [0.29, 0.717) is 12.4 Å². The first-order valence-corrected chi connectivity index (χ1v) is 5.14. The van der Waals surface area contributed by atoms with Crippen LogP contribution in [0.15, 0.2) is 18.3 Å². The smallest absolute Gasteiger partial charge is 0.313 e. The maximum Gasteiger partial charge on any atom is 0.313 e. The van der Waals surface area contributed by atoms with Gasteiger partial charge in [0.15, 0.2) is 5.65 Å². The fourth-order valence-electron chi connectivity index (χ4n) is 1.57. The third kappa shape index (κ3) is 1.88. The van der Waals surface area contributed by atoms with Gasteiger partial charge in [0.05, 0.1) is 6.61 Å². The third-order valence-electron chi connectivity index (χ3n) is 2.33. The van der Waals surface area contributed by atoms with Crippen molar-refractivity contribution in [2.75, 3.05) is 6.61 Å². The molecule has 84 valence electrons. The Balaban J connectivity index is 2.31. The van der Waals surface area contributed by atoms with Crippen molar-refractivity contribution < 1.29 is 9.53 Å². The molecule has 0 aliphatic heterocycles. The summed E-state index contributed by atoms with van der Waals surface area (Å²) in [6, 6.07) is 3.69. The highest BCUT2D eigenvalue weighted by molar-refractivity contribution is 5.75. The second-order valence-electron chi connectivity index (χ2n) is 3.41. The van der Waals surface area contributed by atoms with Gasteiger partial charge in [-0.25, -0.2) is 9.97 Å². The molecule has 2 rings (SSSR count). The van der Waals surface area contributed by atoms with Crippen molar-refractivity contribution in [3.63, 3.8) is 0 Å². The number of fused-ring (bicyclic) bond motifs is 1. The van der Waals surface area contributed by atoms with E-state index in [4.69, 9.17) is 4.74 Å². The molecule has 0 aliphatic carbocycles. The van der Waals surface area contributed by atoms with Gasteiger partial charge in [-0.1, -0.05) is 0 Å². The number of hydrogen-bond acceptors (Lipinski definition) is 4. The van der Waals surface area contributed by atoms with Crippen LogP contribution in [0.3, 0.4) is 0 Å². The van der Waals surface area contributed by atoms with Gasteiger partial charge in [-0.3, -0.25) is 4.79 Å². The van der Waals surface area contributed by atoms with Crippen LogP contribution in [-0.2, 0) is 23.0 Å². The predicted octanol–water partition coefficient (Wildman–Crippen LogP) is 1.07. The molecule has 0 aromatic carbocycles. The second kappa shape index (κ2) is 4.30. The zero-order chi connectivity index (χ0) is 11.5. The van der Waals surface area contributed by atoms with Gasteiger partial charge in [-0.15, -0.1) is 0 Å². The number of ether oxygens (including phenoxy) is 1. The van der Waals surface area contributed by atoms with E-state index in [2.05, 4.69) is 9.97 Å². The van der Waals surface area contributed by atoms with Gasteiger partial charge in [0.25, 0.3) is 0 Å². The standard InChI is InChI=1S/C11H13N3O2/c1-3-16-10(15)7-9-13-8-5-4-6-12-11(8)14(9)2/h4-6H,3,7H2,1-2H3. The molecule has 5 heteroatoms. The maximum absolute atomic E-state index is 11.3. The largest absolute Gasteiger partial charge is 0.466 e. The average Bonchev–Trinajstić information content (AvgIpc) is 2.57. The number of hydrogen-bond donors (Lipinski definition) is 0. The molecule has 5 nitrogen and oxygen atoms in total. The number of aromatic nitrogens is 3. The highest BCUT2D eigenvalue weighted by Crippen LogP contribution is 2.12. The van der Waals surface area contributed by atoms with Gasteiger partial charge < -0.3 is 9.30 Å². The first-order valence-electron chi connectivity index (χ1n) is 5.14. The number of pyridine rings is 1. The molecule has 2 heterocycles. The van der Waals surface area contributed by atoms with Gasteiger partial charge >= 0.3 is 5.97 Å². The summed E-state index contributed by atoms with van der Waals surface area (Å²) in [5.74, 6) is 0.410. The Labute approximate surface area is 93.1 Å². The predicted molar refractivity (Wildman–Crippen MR) is 58.8 cm³/mol. The topological polar surface area (TPSA) is 57.0 Å². The van der Waals surface area contributed by atoms with Crippen LogP contribution in [0, 0.1) is 0 Å². The normalized spacial score (nSPS) is 10.6. The molecule has 0 saturated carbocycles. The summed E-state index contributed by atoms with van der Waals surface area (Å²) >= 11 is 0. The highest BCUT2D eigenvalue weighted by atomic mass is 16.5. The van der Waals surface area contributed by atoms with Crippen LogP contribution in [0.5, 0.6) is 0 Å². The summed E-state index contributed by atoms with van der Waals surface area (Å²) in [7, 11) is 1.84. The minimum Gasteiger partial charge on any atom is -0.466 e. The Bertz CT molecular complexity index is 519. The van der Waals surface area contributed by atoms with Crippen LogP contribution in [0.25, 0.3) is 11.2 Å². The van der Waals surface area contributed by atoms with E-state index in [9.17, 15) is 4.79 Å². The fourth-order valence-corrected chi connectivity index (χ4v) is 1.57. The minimum absolute atomic E-state index is 0.181. The molecular formula is C11H13N3O2. The molecule has 0 unspecified atom stereocenters. The second-order valence-corrected chi connectivity index (χ2v) is 3.41. The minimum atomic E-state index is -0.263. The van der Waals surface area contributed by atoms with E-state index in [1.807, 2.05) is 23.7 Å². The highest BCUT2D eigenvalue weighted by Gasteiger charge is 2.12. The summed E-state index contributed by atoms with van der Waals surface area (Å²) in [5, 5.41) is 0. The van der Waals surface area contributed by atoms with Gasteiger partial charge in [0.2, 0.25) is 0 Å². The molecule has 2 aromatic heterocycles. The van der Waals surface area contributed by atoms with E-state index >= 15 is 0 Å². The van der Waals surface area contributed by atoms with Gasteiger partial charge in [0.1, 0.15) is 17.8 Å². The third-order valence-corrected chi connectivity index (χ3v) is 2.33. The summed E-state index contributed by atoms with van der Waals surface area (Å²) in [6.07, 6.45) is 1.89. The molecule has 0 spiro atoms. The zero-order valence-corrected chi connectivity index (χ0v) is 9.30. The number of rotatable bonds is 3. The fraction of sp³-hybridized carbons (Fsp3) is 0.364. The number of esters is 1. The summed E-state index contributed by atoms with van der Waals surface area (Å²) in [6.45, 7) is 2.18. The lowest BCUT2D eigenvalue weighted by atomic mass is 10.4. The number of nitrogens with zero attached hydrogens (tertiary/aromatic N) is 3. The first kappa shape index (κ1) is 10.6. The van der Waals surface area contributed by atoms with Crippen molar-refractivity contribution in [1.29, 1.82) is 0 Å². The van der Waals surface area contributed by atoms with Crippen LogP contribution in [0.4, 0.5) is 0 Å². The van der Waals surface area contributed by atoms with Crippen LogP contribution in [-0.4, -0.2) is 27.1 Å². The Morgan fingerprint density at radius 1 is 1.56 bits per heavy atom. The first-order chi connectivity index (χ1) is 7.72. The molecule has 0 radical (unpaired) electrons. The summed E-state index contributed by atoms with van der Waals surface area (Å²) in [5.41, 5.74) is 1.58. The van der Waals surface area contributed by atoms with Crippen LogP contribution in [0.1, 0.15) is 12.7 Å². The maximum atomic E-state index is 11.3. The lowest BCUT2D eigenvalue weighted by molar-refractivity contribution is -0.142. The van der Waals surface area contributed by atoms with Gasteiger partial charge in [-0.2, -0.15) is 0 Å². The molecule has 0 atom stereocenters. The Kier molecular flexibility index (Phi) is 2.85. The molecule has 0 aliphatic rings. The van der Waals surface area contributed by atoms with E-state index in [0.717, 1.165) is 11.2 Å². The van der Waals surface area contributed by atoms with E-state index < -0.39 is 0 Å². The Morgan fingerprint density at radius 2 is 2.38 bits per heavy atom. The molecule has 2 aromatic rings. The van der Waals surface area contributed by atoms with Crippen LogP contribution >= 0.6 is 0 Å². The zero-order valence-electron chi connectivity index (χ0n) is 9.30. The number of aryl methyl sites for hydroxylation is 1. The molecule has 0 bridgehead atoms. The van der Waals surface area contributed by atoms with Crippen molar-refractivity contribution in [3.8, 4) is 0 Å². The molecule has 0 N–H and O–H groups in total. The summed E-state index contributed by atoms with van der Waals surface area (Å²) < 4.78 is 6.70. The number of carbonyl (C=O) groups is 1. The molecule has 0 amide bonds. The average molecular weight is 219 g/mol. The quantitative estimate of drug-likeness (QED) is 0.725. The van der Waals surface area contributed by atoms with Crippen molar-refractivity contribution in [3.05, 3.63) is 24.2 Å². The van der Waals surface area contributed by atoms with E-state index in [1.165, 1.54) is 0 Å². The molecule has 0 saturated heterocycles. The molecule has 0 fully saturated rings. The summed E-state index contributed by atoms with van der Waals surface area (Å²) in [4.78, 5) is 19.9. The Morgan fingerprint density at radius 3 is 3.06 bits per heavy atom. The van der Waals surface area contributed by atoms with Crippen molar-refractivity contribution in [2.24, 2.45) is 7.05 Å². The SMILES string of the molecule is CCOC(=O)Cc1nc2cccnc2n1C. The number of carbonyl (C=O) groups excluding carboxylic acids is 1. The lowest BCUT2D eigenvalue weighted by Crippen LogP contribution is -2.11. The van der Waals surface area contributed by atoms with Gasteiger partial charge in [-0.05, 0) is 19.1 Å². The van der Waals surface area contributed by atoms with E-state index in [-0.39, 0.29) is 12.4 Å². The van der Waals surface area contributed by atoms with Crippen molar-refractivity contribution >= 4 is 17.1 Å². The monoisotopic (exact) mass is 219 g/mol. The number of imidazole rings is 1. The van der Waals surface area contributed by atoms with Crippen molar-refractivity contribution in [2.45, 2.75) is 13.3 Å². The molecule has 16 heavy (non-hydrogen) atoms. The van der Waals surface area contributed by atoms with Crippen LogP contribution < -0.4 is 0 Å². The molecular weight excluding hydrogens is 206 g/mol. The van der Waals surface area contributed by atoms with Crippen molar-refractivity contribution in [1.82, 2.24) is 14.5 Å². The van der Waals surface area contributed by atoms with Crippen LogP contribution in [0.2, 0.25) is 0 Å². The van der Waals surface area contributed by atoms with E-state index in [1.54, 1.807) is 13.1 Å². The Hall–Kier alpha value is -1.91.